The number of H-pyrrole nitrogens is 1. The molecule has 2 N–H and O–H groups in total. The van der Waals surface area contributed by atoms with Gasteiger partial charge < -0.3 is 14.8 Å². The van der Waals surface area contributed by atoms with Crippen LogP contribution in [0.25, 0.3) is 0 Å². The Hall–Kier alpha value is -1.03. The van der Waals surface area contributed by atoms with E-state index in [-0.39, 0.29) is 24.0 Å². The van der Waals surface area contributed by atoms with Gasteiger partial charge in [0.1, 0.15) is 0 Å². The lowest BCUT2D eigenvalue weighted by Crippen LogP contribution is -2.38. The van der Waals surface area contributed by atoms with Gasteiger partial charge in [-0.1, -0.05) is 0 Å². The molecule has 0 atom stereocenters. The van der Waals surface area contributed by atoms with Crippen molar-refractivity contribution in [3.8, 4) is 0 Å². The average Bonchev–Trinajstić information content (AvgIpc) is 3.00. The Labute approximate surface area is 162 Å². The molecule has 0 amide bonds. The maximum atomic E-state index is 4.70. The van der Waals surface area contributed by atoms with Crippen molar-refractivity contribution in [1.29, 1.82) is 0 Å². The molecular formula is C15H24BrIN6. The van der Waals surface area contributed by atoms with E-state index in [0.29, 0.717) is 6.54 Å². The molecule has 6 nitrogen and oxygen atoms in total. The van der Waals surface area contributed by atoms with Gasteiger partial charge in [0, 0.05) is 48.3 Å². The number of nitrogens with zero attached hydrogens (tertiary/aromatic N) is 4. The number of aromatic nitrogens is 3. The highest BCUT2D eigenvalue weighted by molar-refractivity contribution is 14.0. The third-order valence-electron chi connectivity index (χ3n) is 3.50. The second-order valence-corrected chi connectivity index (χ2v) is 6.22. The van der Waals surface area contributed by atoms with Crippen LogP contribution < -0.4 is 5.32 Å². The van der Waals surface area contributed by atoms with Crippen LogP contribution in [-0.2, 0) is 20.1 Å². The lowest BCUT2D eigenvalue weighted by atomic mass is 10.3. The summed E-state index contributed by atoms with van der Waals surface area (Å²) in [7, 11) is 4.09. The van der Waals surface area contributed by atoms with Crippen molar-refractivity contribution >= 4 is 45.9 Å². The molecule has 0 aliphatic rings. The fraction of sp³-hybridized carbons (Fsp3) is 0.467. The van der Waals surface area contributed by atoms with Gasteiger partial charge >= 0.3 is 0 Å². The maximum Gasteiger partial charge on any atom is 0.194 e. The molecule has 0 spiro atoms. The van der Waals surface area contributed by atoms with E-state index in [2.05, 4.69) is 60.1 Å². The third kappa shape index (κ3) is 5.52. The van der Waals surface area contributed by atoms with E-state index in [9.17, 15) is 0 Å². The van der Waals surface area contributed by atoms with Gasteiger partial charge in [0.25, 0.3) is 0 Å². The highest BCUT2D eigenvalue weighted by Crippen LogP contribution is 2.15. The van der Waals surface area contributed by atoms with Gasteiger partial charge in [0.05, 0.1) is 19.3 Å². The molecule has 23 heavy (non-hydrogen) atoms. The largest absolute Gasteiger partial charge is 0.357 e. The summed E-state index contributed by atoms with van der Waals surface area (Å²) in [4.78, 5) is 6.83. The summed E-state index contributed by atoms with van der Waals surface area (Å²) in [5.74, 6) is 0.889. The topological polar surface area (TPSA) is 61.2 Å². The molecule has 0 bridgehead atoms. The van der Waals surface area contributed by atoms with Crippen molar-refractivity contribution in [2.24, 2.45) is 12.0 Å². The van der Waals surface area contributed by atoms with E-state index in [4.69, 9.17) is 4.99 Å². The quantitative estimate of drug-likeness (QED) is 0.381. The molecule has 0 aliphatic heterocycles. The first kappa shape index (κ1) is 20.0. The van der Waals surface area contributed by atoms with Crippen LogP contribution >= 0.6 is 39.9 Å². The van der Waals surface area contributed by atoms with E-state index in [1.807, 2.05) is 27.2 Å². The number of aromatic amines is 1. The van der Waals surface area contributed by atoms with Crippen molar-refractivity contribution < 1.29 is 0 Å². The molecule has 2 aromatic heterocycles. The smallest absolute Gasteiger partial charge is 0.194 e. The summed E-state index contributed by atoms with van der Waals surface area (Å²) in [6.07, 6.45) is 3.89. The zero-order valence-electron chi connectivity index (χ0n) is 13.9. The predicted molar refractivity (Wildman–Crippen MR) is 108 cm³/mol. The monoisotopic (exact) mass is 494 g/mol. The Balaban J connectivity index is 0.00000264. The second-order valence-electron chi connectivity index (χ2n) is 5.31. The second kappa shape index (κ2) is 9.31. The van der Waals surface area contributed by atoms with Crippen LogP contribution in [0.3, 0.4) is 0 Å². The molecule has 2 rings (SSSR count). The van der Waals surface area contributed by atoms with Crippen LogP contribution in [0.1, 0.15) is 23.9 Å². The van der Waals surface area contributed by atoms with Gasteiger partial charge in [0.15, 0.2) is 5.96 Å². The number of nitrogens with one attached hydrogen (secondary N) is 2. The summed E-state index contributed by atoms with van der Waals surface area (Å²) < 4.78 is 3.21. The van der Waals surface area contributed by atoms with E-state index in [1.54, 1.807) is 0 Å². The molecule has 0 aromatic carbocycles. The van der Waals surface area contributed by atoms with Crippen LogP contribution in [0.5, 0.6) is 0 Å². The Morgan fingerprint density at radius 3 is 2.78 bits per heavy atom. The minimum absolute atomic E-state index is 0. The fourth-order valence-electron chi connectivity index (χ4n) is 2.21. The molecule has 128 valence electrons. The lowest BCUT2D eigenvalue weighted by molar-refractivity contribution is 0.462. The normalized spacial score (nSPS) is 11.3. The fourth-order valence-corrected chi connectivity index (χ4v) is 2.78. The summed E-state index contributed by atoms with van der Waals surface area (Å²) in [6, 6.07) is 2.13. The van der Waals surface area contributed by atoms with E-state index in [0.717, 1.165) is 34.8 Å². The van der Waals surface area contributed by atoms with Crippen molar-refractivity contribution in [3.05, 3.63) is 39.9 Å². The first-order valence-electron chi connectivity index (χ1n) is 7.30. The zero-order valence-corrected chi connectivity index (χ0v) is 17.8. The zero-order chi connectivity index (χ0) is 16.1. The minimum atomic E-state index is 0. The first-order chi connectivity index (χ1) is 10.5. The van der Waals surface area contributed by atoms with Gasteiger partial charge in [-0.3, -0.25) is 5.10 Å². The van der Waals surface area contributed by atoms with Crippen LogP contribution in [0.4, 0.5) is 0 Å². The van der Waals surface area contributed by atoms with Gasteiger partial charge in [-0.2, -0.15) is 5.10 Å². The van der Waals surface area contributed by atoms with E-state index < -0.39 is 0 Å². The number of halogens is 2. The molecule has 2 aromatic rings. The standard InChI is InChI=1S/C15H23BrN6.HI/c1-5-17-15(18-7-12-8-19-20-11(12)2)22(4)10-14-6-13(16)9-21(14)3;/h6,8-9H,5,7,10H2,1-4H3,(H,17,18)(H,19,20);1H. The Kier molecular flexibility index (Phi) is 8.10. The Morgan fingerprint density at radius 1 is 1.52 bits per heavy atom. The molecule has 0 saturated carbocycles. The number of aryl methyl sites for hydroxylation is 2. The molecule has 0 radical (unpaired) electrons. The van der Waals surface area contributed by atoms with E-state index in [1.165, 1.54) is 5.69 Å². The third-order valence-corrected chi connectivity index (χ3v) is 3.94. The molecule has 0 fully saturated rings. The lowest BCUT2D eigenvalue weighted by Gasteiger charge is -2.22. The molecule has 0 saturated heterocycles. The number of guanidine groups is 1. The van der Waals surface area contributed by atoms with Crippen molar-refractivity contribution in [2.75, 3.05) is 13.6 Å². The molecular weight excluding hydrogens is 471 g/mol. The predicted octanol–water partition coefficient (Wildman–Crippen LogP) is 3.03. The maximum absolute atomic E-state index is 4.70. The SMILES string of the molecule is CCNC(=NCc1cn[nH]c1C)N(C)Cc1cc(Br)cn1C.I. The van der Waals surface area contributed by atoms with Crippen LogP contribution in [0.15, 0.2) is 27.9 Å². The number of rotatable bonds is 5. The van der Waals surface area contributed by atoms with Crippen molar-refractivity contribution in [2.45, 2.75) is 26.9 Å². The summed E-state index contributed by atoms with van der Waals surface area (Å²) in [5, 5.41) is 10.3. The van der Waals surface area contributed by atoms with E-state index >= 15 is 0 Å². The highest BCUT2D eigenvalue weighted by atomic mass is 127. The number of hydrogen-bond donors (Lipinski definition) is 2. The summed E-state index contributed by atoms with van der Waals surface area (Å²) in [6.45, 7) is 6.33. The van der Waals surface area contributed by atoms with Crippen LogP contribution in [0, 0.1) is 6.92 Å². The van der Waals surface area contributed by atoms with Crippen LogP contribution in [-0.4, -0.2) is 39.2 Å². The molecule has 2 heterocycles. The molecule has 8 heteroatoms. The van der Waals surface area contributed by atoms with Crippen LogP contribution in [0.2, 0.25) is 0 Å². The highest BCUT2D eigenvalue weighted by Gasteiger charge is 2.10. The van der Waals surface area contributed by atoms with Gasteiger partial charge in [-0.05, 0) is 35.8 Å². The molecule has 0 aliphatic carbocycles. The van der Waals surface area contributed by atoms with Gasteiger partial charge in [0.2, 0.25) is 0 Å². The molecule has 0 unspecified atom stereocenters. The van der Waals surface area contributed by atoms with Gasteiger partial charge in [-0.15, -0.1) is 24.0 Å². The van der Waals surface area contributed by atoms with Crippen molar-refractivity contribution in [3.63, 3.8) is 0 Å². The van der Waals surface area contributed by atoms with Crippen molar-refractivity contribution in [1.82, 2.24) is 25.0 Å². The number of hydrogen-bond acceptors (Lipinski definition) is 2. The average molecular weight is 495 g/mol. The van der Waals surface area contributed by atoms with Gasteiger partial charge in [-0.25, -0.2) is 4.99 Å². The first-order valence-corrected chi connectivity index (χ1v) is 8.09. The Bertz CT molecular complexity index is 648. The number of aliphatic imine (C=N–C) groups is 1. The minimum Gasteiger partial charge on any atom is -0.357 e. The Morgan fingerprint density at radius 2 is 2.26 bits per heavy atom. The summed E-state index contributed by atoms with van der Waals surface area (Å²) in [5.41, 5.74) is 3.40. The summed E-state index contributed by atoms with van der Waals surface area (Å²) >= 11 is 3.51.